The van der Waals surface area contributed by atoms with Gasteiger partial charge in [-0.05, 0) is 73.7 Å². The molecule has 0 saturated heterocycles. The molecule has 0 aromatic heterocycles. The van der Waals surface area contributed by atoms with Gasteiger partial charge in [-0.3, -0.25) is 0 Å². The first-order valence-corrected chi connectivity index (χ1v) is 9.53. The minimum atomic E-state index is -1.77. The lowest BCUT2D eigenvalue weighted by Crippen LogP contribution is -2.59. The molecule has 0 aromatic rings. The van der Waals surface area contributed by atoms with Crippen molar-refractivity contribution in [1.29, 1.82) is 0 Å². The molecule has 0 amide bonds. The van der Waals surface area contributed by atoms with Gasteiger partial charge in [0.05, 0.1) is 6.10 Å². The SMILES string of the molecule is C#C[C@@H]1CC[C@H]2[C@H]3[C@H](CC[C@]12C)[C@@]1(C)CC[C@H](O)CC1=CC3(O)O. The lowest BCUT2D eigenvalue weighted by Gasteiger charge is -2.60. The van der Waals surface area contributed by atoms with E-state index in [1.165, 1.54) is 0 Å². The Morgan fingerprint density at radius 2 is 1.83 bits per heavy atom. The van der Waals surface area contributed by atoms with Crippen molar-refractivity contribution >= 4 is 0 Å². The molecule has 4 aliphatic carbocycles. The number of aliphatic hydroxyl groups is 3. The number of aliphatic hydroxyl groups excluding tert-OH is 1. The predicted molar refractivity (Wildman–Crippen MR) is 92.6 cm³/mol. The second-order valence-electron chi connectivity index (χ2n) is 9.35. The molecule has 3 N–H and O–H groups in total. The third-order valence-electron chi connectivity index (χ3n) is 8.35. The minimum Gasteiger partial charge on any atom is -0.393 e. The zero-order valence-corrected chi connectivity index (χ0v) is 14.8. The third kappa shape index (κ3) is 2.03. The van der Waals surface area contributed by atoms with Crippen LogP contribution in [0.2, 0.25) is 0 Å². The summed E-state index contributed by atoms with van der Waals surface area (Å²) in [7, 11) is 0. The molecule has 3 saturated carbocycles. The first kappa shape index (κ1) is 16.6. The number of terminal acetylenes is 1. The summed E-state index contributed by atoms with van der Waals surface area (Å²) in [5.41, 5.74) is 1.08. The zero-order chi connectivity index (χ0) is 17.3. The Hall–Kier alpha value is -0.820. The van der Waals surface area contributed by atoms with E-state index in [9.17, 15) is 15.3 Å². The van der Waals surface area contributed by atoms with E-state index in [1.54, 1.807) is 6.08 Å². The molecule has 0 unspecified atom stereocenters. The molecular formula is C21H30O3. The van der Waals surface area contributed by atoms with Gasteiger partial charge >= 0.3 is 0 Å². The molecule has 0 bridgehead atoms. The summed E-state index contributed by atoms with van der Waals surface area (Å²) in [6, 6.07) is 0. The van der Waals surface area contributed by atoms with Crippen molar-refractivity contribution in [3.8, 4) is 12.3 Å². The van der Waals surface area contributed by atoms with Crippen molar-refractivity contribution < 1.29 is 15.3 Å². The van der Waals surface area contributed by atoms with Crippen molar-refractivity contribution in [2.75, 3.05) is 0 Å². The Morgan fingerprint density at radius 1 is 1.08 bits per heavy atom. The van der Waals surface area contributed by atoms with E-state index < -0.39 is 5.79 Å². The van der Waals surface area contributed by atoms with Crippen LogP contribution in [0.15, 0.2) is 11.6 Å². The Morgan fingerprint density at radius 3 is 2.54 bits per heavy atom. The molecule has 7 atom stereocenters. The van der Waals surface area contributed by atoms with Crippen LogP contribution in [0.5, 0.6) is 0 Å². The largest absolute Gasteiger partial charge is 0.393 e. The van der Waals surface area contributed by atoms with Gasteiger partial charge in [-0.15, -0.1) is 12.3 Å². The maximum absolute atomic E-state index is 11.0. The highest BCUT2D eigenvalue weighted by Gasteiger charge is 2.64. The molecule has 3 fully saturated rings. The molecule has 4 rings (SSSR count). The molecule has 4 aliphatic rings. The summed E-state index contributed by atoms with van der Waals surface area (Å²) >= 11 is 0. The Bertz CT molecular complexity index is 615. The fraction of sp³-hybridized carbons (Fsp3) is 0.810. The van der Waals surface area contributed by atoms with Gasteiger partial charge in [-0.25, -0.2) is 0 Å². The topological polar surface area (TPSA) is 60.7 Å². The van der Waals surface area contributed by atoms with Crippen LogP contribution >= 0.6 is 0 Å². The van der Waals surface area contributed by atoms with E-state index in [0.717, 1.165) is 44.1 Å². The maximum Gasteiger partial charge on any atom is 0.186 e. The molecular weight excluding hydrogens is 300 g/mol. The van der Waals surface area contributed by atoms with Gasteiger partial charge in [-0.1, -0.05) is 19.4 Å². The predicted octanol–water partition coefficient (Wildman–Crippen LogP) is 2.85. The van der Waals surface area contributed by atoms with E-state index in [-0.39, 0.29) is 40.6 Å². The molecule has 0 radical (unpaired) electrons. The second kappa shape index (κ2) is 5.10. The van der Waals surface area contributed by atoms with Crippen LogP contribution in [0, 0.1) is 46.8 Å². The number of rotatable bonds is 0. The minimum absolute atomic E-state index is 0.00554. The molecule has 24 heavy (non-hydrogen) atoms. The van der Waals surface area contributed by atoms with E-state index in [1.807, 2.05) is 0 Å². The van der Waals surface area contributed by atoms with Crippen LogP contribution in [0.4, 0.5) is 0 Å². The summed E-state index contributed by atoms with van der Waals surface area (Å²) < 4.78 is 0. The summed E-state index contributed by atoms with van der Waals surface area (Å²) in [6.45, 7) is 4.56. The monoisotopic (exact) mass is 330 g/mol. The summed E-state index contributed by atoms with van der Waals surface area (Å²) in [5, 5.41) is 32.0. The van der Waals surface area contributed by atoms with E-state index >= 15 is 0 Å². The highest BCUT2D eigenvalue weighted by molar-refractivity contribution is 5.30. The van der Waals surface area contributed by atoms with E-state index in [2.05, 4.69) is 19.8 Å². The van der Waals surface area contributed by atoms with Crippen LogP contribution in [0.25, 0.3) is 0 Å². The molecule has 132 valence electrons. The van der Waals surface area contributed by atoms with Crippen LogP contribution in [0.1, 0.15) is 58.8 Å². The fourth-order valence-electron chi connectivity index (χ4n) is 6.94. The van der Waals surface area contributed by atoms with Gasteiger partial charge < -0.3 is 15.3 Å². The lowest BCUT2D eigenvalue weighted by atomic mass is 9.46. The average Bonchev–Trinajstić information content (AvgIpc) is 2.85. The first-order chi connectivity index (χ1) is 11.2. The van der Waals surface area contributed by atoms with Crippen LogP contribution < -0.4 is 0 Å². The van der Waals surface area contributed by atoms with Crippen LogP contribution in [-0.4, -0.2) is 27.2 Å². The Balaban J connectivity index is 1.78. The highest BCUT2D eigenvalue weighted by atomic mass is 16.5. The number of hydrogen-bond donors (Lipinski definition) is 3. The smallest absolute Gasteiger partial charge is 0.186 e. The van der Waals surface area contributed by atoms with Crippen LogP contribution in [-0.2, 0) is 0 Å². The fourth-order valence-corrected chi connectivity index (χ4v) is 6.94. The zero-order valence-electron chi connectivity index (χ0n) is 14.8. The maximum atomic E-state index is 11.0. The van der Waals surface area contributed by atoms with Crippen molar-refractivity contribution in [2.24, 2.45) is 34.5 Å². The Kier molecular flexibility index (Phi) is 3.53. The third-order valence-corrected chi connectivity index (χ3v) is 8.35. The van der Waals surface area contributed by atoms with Crippen LogP contribution in [0.3, 0.4) is 0 Å². The lowest BCUT2D eigenvalue weighted by molar-refractivity contribution is -0.234. The molecule has 0 aromatic carbocycles. The molecule has 3 heteroatoms. The average molecular weight is 330 g/mol. The second-order valence-corrected chi connectivity index (χ2v) is 9.35. The quantitative estimate of drug-likeness (QED) is 0.364. The molecule has 0 heterocycles. The van der Waals surface area contributed by atoms with Crippen molar-refractivity contribution in [1.82, 2.24) is 0 Å². The molecule has 0 spiro atoms. The summed E-state index contributed by atoms with van der Waals surface area (Å²) in [4.78, 5) is 0. The van der Waals surface area contributed by atoms with Gasteiger partial charge in [0.1, 0.15) is 0 Å². The van der Waals surface area contributed by atoms with Gasteiger partial charge in [0.15, 0.2) is 5.79 Å². The van der Waals surface area contributed by atoms with Gasteiger partial charge in [0.25, 0.3) is 0 Å². The molecule has 0 aliphatic heterocycles. The van der Waals surface area contributed by atoms with E-state index in [0.29, 0.717) is 6.42 Å². The summed E-state index contributed by atoms with van der Waals surface area (Å²) in [6.07, 6.45) is 13.6. The van der Waals surface area contributed by atoms with E-state index in [4.69, 9.17) is 6.42 Å². The molecule has 3 nitrogen and oxygen atoms in total. The Labute approximate surface area is 145 Å². The van der Waals surface area contributed by atoms with Crippen molar-refractivity contribution in [2.45, 2.75) is 70.7 Å². The number of fused-ring (bicyclic) bond motifs is 5. The van der Waals surface area contributed by atoms with Crippen molar-refractivity contribution in [3.05, 3.63) is 11.6 Å². The first-order valence-electron chi connectivity index (χ1n) is 9.53. The van der Waals surface area contributed by atoms with Gasteiger partial charge in [-0.2, -0.15) is 0 Å². The van der Waals surface area contributed by atoms with Gasteiger partial charge in [0.2, 0.25) is 0 Å². The highest BCUT2D eigenvalue weighted by Crippen LogP contribution is 2.67. The summed E-state index contributed by atoms with van der Waals surface area (Å²) in [5.74, 6) is 1.87. The standard InChI is InChI=1S/C21H30O3/c1-4-13-5-6-16-18-17(8-10-19(13,16)2)20(3)9-7-15(22)11-14(20)12-21(18,23)24/h1,12-13,15-18,22-24H,5-11H2,2-3H3/t13-,15+,16+,17+,18+,19-,20+/m1/s1. The normalized spacial score (nSPS) is 52.5. The van der Waals surface area contributed by atoms with Gasteiger partial charge in [0, 0.05) is 11.8 Å². The number of hydrogen-bond acceptors (Lipinski definition) is 3. The van der Waals surface area contributed by atoms with Crippen molar-refractivity contribution in [3.63, 3.8) is 0 Å².